The van der Waals surface area contributed by atoms with Crippen LogP contribution in [0.2, 0.25) is 0 Å². The minimum Gasteiger partial charge on any atom is -0.374 e. The van der Waals surface area contributed by atoms with E-state index in [0.717, 1.165) is 12.0 Å². The molecule has 1 unspecified atom stereocenters. The lowest BCUT2D eigenvalue weighted by atomic mass is 9.76. The number of allylic oxidation sites excluding steroid dienone is 1. The Hall–Kier alpha value is -1.28. The van der Waals surface area contributed by atoms with Crippen LogP contribution >= 0.6 is 0 Å². The van der Waals surface area contributed by atoms with Gasteiger partial charge in [0, 0.05) is 35.7 Å². The summed E-state index contributed by atoms with van der Waals surface area (Å²) in [6.45, 7) is 24.6. The lowest BCUT2D eigenvalue weighted by Gasteiger charge is -2.52. The van der Waals surface area contributed by atoms with E-state index >= 15 is 0 Å². The number of hydrogen-bond acceptors (Lipinski definition) is 2. The highest BCUT2D eigenvalue weighted by atomic mass is 15.2. The molecule has 2 nitrogen and oxygen atoms in total. The van der Waals surface area contributed by atoms with Gasteiger partial charge in [0.2, 0.25) is 0 Å². The maximum Gasteiger partial charge on any atom is 0.0249 e. The molecule has 2 saturated heterocycles. The highest BCUT2D eigenvalue weighted by Crippen LogP contribution is 2.56. The minimum absolute atomic E-state index is 0.453. The van der Waals surface area contributed by atoms with Crippen molar-refractivity contribution in [1.29, 1.82) is 0 Å². The molecule has 0 amide bonds. The van der Waals surface area contributed by atoms with Gasteiger partial charge >= 0.3 is 0 Å². The van der Waals surface area contributed by atoms with Crippen LogP contribution in [0.1, 0.15) is 109 Å². The van der Waals surface area contributed by atoms with Crippen molar-refractivity contribution in [2.45, 2.75) is 112 Å². The van der Waals surface area contributed by atoms with Crippen LogP contribution in [0.3, 0.4) is 0 Å². The van der Waals surface area contributed by atoms with Crippen LogP contribution in [-0.2, 0) is 6.42 Å². The molecule has 1 aromatic carbocycles. The Morgan fingerprint density at radius 2 is 1.64 bits per heavy atom. The smallest absolute Gasteiger partial charge is 0.0249 e. The molecule has 2 heterocycles. The van der Waals surface area contributed by atoms with Gasteiger partial charge in [-0.05, 0) is 88.4 Å². The molecule has 33 heavy (non-hydrogen) atoms. The second kappa shape index (κ2) is 11.0. The quantitative estimate of drug-likeness (QED) is 0.447. The summed E-state index contributed by atoms with van der Waals surface area (Å²) in [5.41, 5.74) is 7.16. The Labute approximate surface area is 205 Å². The fourth-order valence-corrected chi connectivity index (χ4v) is 6.58. The Morgan fingerprint density at radius 3 is 2.21 bits per heavy atom. The maximum absolute atomic E-state index is 4.45. The van der Waals surface area contributed by atoms with Crippen LogP contribution in [0.4, 0.5) is 0 Å². The average molecular weight is 453 g/mol. The molecule has 0 N–H and O–H groups in total. The van der Waals surface area contributed by atoms with E-state index in [1.54, 1.807) is 11.1 Å². The first-order valence-corrected chi connectivity index (χ1v) is 14.2. The summed E-state index contributed by atoms with van der Waals surface area (Å²) >= 11 is 0. The summed E-state index contributed by atoms with van der Waals surface area (Å²) in [6, 6.07) is 7.97. The summed E-state index contributed by atoms with van der Waals surface area (Å²) in [5.74, 6) is 0.776. The first kappa shape index (κ1) is 26.3. The Balaban J connectivity index is 0.000000728. The maximum atomic E-state index is 4.45. The standard InChI is InChI=1S/C27H40N2.2C2H6/c1-5-22-7-6-20(2)16-25(22)23-9-14-28(15-10-23)24-8-11-27(17-24)18-29(19-27)21(3)26(4)12-13-26;2*1-2/h6-7,16,23-24H,3,5,8-15,17-19H2,1-2,4H3;2*1-2H3. The van der Waals surface area contributed by atoms with E-state index in [0.29, 0.717) is 10.8 Å². The predicted octanol–water partition coefficient (Wildman–Crippen LogP) is 7.96. The number of hydrogen-bond donors (Lipinski definition) is 0. The van der Waals surface area contributed by atoms with Gasteiger partial charge < -0.3 is 9.80 Å². The van der Waals surface area contributed by atoms with Gasteiger partial charge in [0.15, 0.2) is 0 Å². The van der Waals surface area contributed by atoms with Crippen molar-refractivity contribution < 1.29 is 0 Å². The lowest BCUT2D eigenvalue weighted by molar-refractivity contribution is 0.0164. The van der Waals surface area contributed by atoms with Crippen LogP contribution in [-0.4, -0.2) is 42.0 Å². The molecule has 4 aliphatic rings. The molecule has 2 aliphatic carbocycles. The fourth-order valence-electron chi connectivity index (χ4n) is 6.58. The van der Waals surface area contributed by atoms with Crippen LogP contribution in [0.25, 0.3) is 0 Å². The third-order valence-corrected chi connectivity index (χ3v) is 8.98. The van der Waals surface area contributed by atoms with Gasteiger partial charge in [0.25, 0.3) is 0 Å². The van der Waals surface area contributed by atoms with Gasteiger partial charge in [-0.15, -0.1) is 0 Å². The van der Waals surface area contributed by atoms with E-state index in [-0.39, 0.29) is 0 Å². The van der Waals surface area contributed by atoms with Crippen molar-refractivity contribution in [3.05, 3.63) is 47.2 Å². The SMILES string of the molecule is C=C(N1CC2(CCC(N3CCC(c4cc(C)ccc4CC)CC3)C2)C1)C1(C)CC1.CC.CC. The van der Waals surface area contributed by atoms with Crippen molar-refractivity contribution in [2.24, 2.45) is 10.8 Å². The highest BCUT2D eigenvalue weighted by molar-refractivity contribution is 5.34. The highest BCUT2D eigenvalue weighted by Gasteiger charge is 2.53. The third kappa shape index (κ3) is 5.53. The first-order valence-electron chi connectivity index (χ1n) is 14.2. The van der Waals surface area contributed by atoms with Crippen molar-refractivity contribution in [3.8, 4) is 0 Å². The summed E-state index contributed by atoms with van der Waals surface area (Å²) in [7, 11) is 0. The largest absolute Gasteiger partial charge is 0.374 e. The molecule has 1 spiro atoms. The summed E-state index contributed by atoms with van der Waals surface area (Å²) < 4.78 is 0. The fraction of sp³-hybridized carbons (Fsp3) is 0.742. The van der Waals surface area contributed by atoms with Gasteiger partial charge in [-0.1, -0.05) is 71.9 Å². The van der Waals surface area contributed by atoms with E-state index in [1.807, 2.05) is 27.7 Å². The second-order valence-corrected chi connectivity index (χ2v) is 11.1. The van der Waals surface area contributed by atoms with Crippen molar-refractivity contribution >= 4 is 0 Å². The minimum atomic E-state index is 0.453. The number of likely N-dealkylation sites (tertiary alicyclic amines) is 2. The molecule has 2 aliphatic heterocycles. The number of benzene rings is 1. The van der Waals surface area contributed by atoms with Gasteiger partial charge in [-0.25, -0.2) is 0 Å². The van der Waals surface area contributed by atoms with Crippen molar-refractivity contribution in [3.63, 3.8) is 0 Å². The molecule has 1 atom stereocenters. The molecule has 4 fully saturated rings. The van der Waals surface area contributed by atoms with Crippen molar-refractivity contribution in [2.75, 3.05) is 26.2 Å². The summed E-state index contributed by atoms with van der Waals surface area (Å²) in [4.78, 5) is 5.47. The number of rotatable bonds is 5. The first-order chi connectivity index (χ1) is 15.9. The molecule has 2 saturated carbocycles. The van der Waals surface area contributed by atoms with Gasteiger partial charge in [-0.2, -0.15) is 0 Å². The van der Waals surface area contributed by atoms with E-state index in [2.05, 4.69) is 55.3 Å². The second-order valence-electron chi connectivity index (χ2n) is 11.1. The monoisotopic (exact) mass is 452 g/mol. The van der Waals surface area contributed by atoms with Crippen LogP contribution in [0.15, 0.2) is 30.5 Å². The molecular formula is C31H52N2. The third-order valence-electron chi connectivity index (χ3n) is 8.98. The van der Waals surface area contributed by atoms with Gasteiger partial charge in [0.1, 0.15) is 0 Å². The van der Waals surface area contributed by atoms with Crippen LogP contribution < -0.4 is 0 Å². The Morgan fingerprint density at radius 1 is 1.00 bits per heavy atom. The van der Waals surface area contributed by atoms with Gasteiger partial charge in [0.05, 0.1) is 0 Å². The zero-order chi connectivity index (χ0) is 24.2. The zero-order valence-corrected chi connectivity index (χ0v) is 23.0. The molecule has 186 valence electrons. The predicted molar refractivity (Wildman–Crippen MR) is 145 cm³/mol. The Kier molecular flexibility index (Phi) is 8.76. The van der Waals surface area contributed by atoms with Gasteiger partial charge in [-0.3, -0.25) is 0 Å². The van der Waals surface area contributed by atoms with E-state index in [9.17, 15) is 0 Å². The topological polar surface area (TPSA) is 6.48 Å². The normalized spacial score (nSPS) is 25.4. The molecule has 2 heteroatoms. The van der Waals surface area contributed by atoms with Crippen LogP contribution in [0.5, 0.6) is 0 Å². The van der Waals surface area contributed by atoms with Crippen LogP contribution in [0, 0.1) is 17.8 Å². The Bertz CT molecular complexity index is 776. The number of nitrogens with zero attached hydrogens (tertiary/aromatic N) is 2. The number of piperidine rings is 1. The summed E-state index contributed by atoms with van der Waals surface area (Å²) in [6.07, 6.45) is 10.9. The van der Waals surface area contributed by atoms with E-state index in [4.69, 9.17) is 0 Å². The van der Waals surface area contributed by atoms with E-state index in [1.165, 1.54) is 88.8 Å². The number of aryl methyl sites for hydroxylation is 2. The molecule has 0 bridgehead atoms. The van der Waals surface area contributed by atoms with Crippen molar-refractivity contribution in [1.82, 2.24) is 9.80 Å². The summed E-state index contributed by atoms with van der Waals surface area (Å²) in [5, 5.41) is 0. The zero-order valence-electron chi connectivity index (χ0n) is 23.0. The average Bonchev–Trinajstić information content (AvgIpc) is 3.43. The molecular weight excluding hydrogens is 400 g/mol. The lowest BCUT2D eigenvalue weighted by Crippen LogP contribution is -2.55. The molecule has 0 aromatic heterocycles. The molecule has 0 radical (unpaired) electrons. The van der Waals surface area contributed by atoms with E-state index < -0.39 is 0 Å². The molecule has 1 aromatic rings. The molecule has 5 rings (SSSR count).